The Hall–Kier alpha value is -2.34. The minimum absolute atomic E-state index is 0.0253. The highest BCUT2D eigenvalue weighted by molar-refractivity contribution is 6.30. The van der Waals surface area contributed by atoms with Crippen molar-refractivity contribution in [2.24, 2.45) is 0 Å². The predicted octanol–water partition coefficient (Wildman–Crippen LogP) is 3.51. The van der Waals surface area contributed by atoms with Crippen LogP contribution < -0.4 is 10.3 Å². The van der Waals surface area contributed by atoms with Crippen LogP contribution in [0.3, 0.4) is 0 Å². The van der Waals surface area contributed by atoms with E-state index in [1.165, 1.54) is 12.1 Å². The Kier molecular flexibility index (Phi) is 5.15. The molecule has 1 aromatic heterocycles. The molecule has 0 unspecified atom stereocenters. The van der Waals surface area contributed by atoms with Gasteiger partial charge < -0.3 is 14.2 Å². The van der Waals surface area contributed by atoms with E-state index in [9.17, 15) is 14.0 Å². The second-order valence-electron chi connectivity index (χ2n) is 7.56. The second kappa shape index (κ2) is 7.59. The van der Waals surface area contributed by atoms with Crippen LogP contribution in [-0.4, -0.2) is 34.6 Å². The fraction of sp³-hybridized carbons (Fsp3) is 0.429. The number of ether oxygens (including phenoxy) is 1. The summed E-state index contributed by atoms with van der Waals surface area (Å²) in [6, 6.07) is 8.28. The van der Waals surface area contributed by atoms with Crippen LogP contribution in [0.2, 0.25) is 5.02 Å². The maximum atomic E-state index is 13.2. The highest BCUT2D eigenvalue weighted by Crippen LogP contribution is 2.35. The van der Waals surface area contributed by atoms with Crippen molar-refractivity contribution in [3.63, 3.8) is 0 Å². The molecule has 1 aromatic carbocycles. The first-order chi connectivity index (χ1) is 13.4. The molecule has 7 heteroatoms. The molecule has 2 heterocycles. The zero-order valence-corrected chi connectivity index (χ0v) is 16.4. The highest BCUT2D eigenvalue weighted by atomic mass is 35.5. The maximum Gasteiger partial charge on any atom is 0.254 e. The fourth-order valence-corrected chi connectivity index (χ4v) is 3.77. The van der Waals surface area contributed by atoms with Gasteiger partial charge in [-0.1, -0.05) is 17.7 Å². The number of pyridine rings is 1. The van der Waals surface area contributed by atoms with Crippen molar-refractivity contribution >= 4 is 17.5 Å². The average Bonchev–Trinajstić information content (AvgIpc) is 3.43. The van der Waals surface area contributed by atoms with E-state index in [0.29, 0.717) is 37.7 Å². The van der Waals surface area contributed by atoms with Gasteiger partial charge in [0.05, 0.1) is 18.1 Å². The van der Waals surface area contributed by atoms with Gasteiger partial charge in [0.2, 0.25) is 5.91 Å². The number of likely N-dealkylation sites (tertiary alicyclic amines) is 1. The Labute approximate surface area is 167 Å². The summed E-state index contributed by atoms with van der Waals surface area (Å²) in [5.74, 6) is 0.137. The zero-order valence-electron chi connectivity index (χ0n) is 15.7. The molecule has 5 nitrogen and oxygen atoms in total. The SMILES string of the molecule is Cc1cc(OC2CN(C(=O)CCc3ccc(F)c(Cl)c3)C2)cc(=O)n1C1CC1. The lowest BCUT2D eigenvalue weighted by Crippen LogP contribution is -2.56. The Morgan fingerprint density at radius 3 is 2.64 bits per heavy atom. The van der Waals surface area contributed by atoms with Crippen LogP contribution in [0.25, 0.3) is 0 Å². The molecular weight excluding hydrogens is 383 g/mol. The molecule has 2 aromatic rings. The molecule has 148 valence electrons. The summed E-state index contributed by atoms with van der Waals surface area (Å²) in [7, 11) is 0. The van der Waals surface area contributed by atoms with Gasteiger partial charge >= 0.3 is 0 Å². The van der Waals surface area contributed by atoms with Crippen molar-refractivity contribution < 1.29 is 13.9 Å². The van der Waals surface area contributed by atoms with Crippen molar-refractivity contribution in [3.05, 3.63) is 62.8 Å². The van der Waals surface area contributed by atoms with Crippen LogP contribution in [-0.2, 0) is 11.2 Å². The van der Waals surface area contributed by atoms with Crippen molar-refractivity contribution in [1.82, 2.24) is 9.47 Å². The number of aromatic nitrogens is 1. The van der Waals surface area contributed by atoms with Gasteiger partial charge in [0.25, 0.3) is 5.56 Å². The van der Waals surface area contributed by atoms with Gasteiger partial charge in [0.15, 0.2) is 0 Å². The lowest BCUT2D eigenvalue weighted by Gasteiger charge is -2.39. The minimum Gasteiger partial charge on any atom is -0.486 e. The van der Waals surface area contributed by atoms with E-state index < -0.39 is 5.82 Å². The van der Waals surface area contributed by atoms with E-state index >= 15 is 0 Å². The monoisotopic (exact) mass is 404 g/mol. The Bertz CT molecular complexity index is 965. The van der Waals surface area contributed by atoms with Crippen molar-refractivity contribution in [2.75, 3.05) is 13.1 Å². The molecule has 1 aliphatic carbocycles. The number of carbonyl (C=O) groups excluding carboxylic acids is 1. The van der Waals surface area contributed by atoms with Crippen molar-refractivity contribution in [3.8, 4) is 5.75 Å². The van der Waals surface area contributed by atoms with E-state index in [2.05, 4.69) is 0 Å². The molecule has 0 N–H and O–H groups in total. The van der Waals surface area contributed by atoms with Crippen LogP contribution in [0.4, 0.5) is 4.39 Å². The van der Waals surface area contributed by atoms with Gasteiger partial charge in [-0.15, -0.1) is 0 Å². The number of nitrogens with zero attached hydrogens (tertiary/aromatic N) is 2. The minimum atomic E-state index is -0.459. The highest BCUT2D eigenvalue weighted by Gasteiger charge is 2.32. The quantitative estimate of drug-likeness (QED) is 0.740. The summed E-state index contributed by atoms with van der Waals surface area (Å²) >= 11 is 5.77. The van der Waals surface area contributed by atoms with Gasteiger partial charge in [-0.3, -0.25) is 9.59 Å². The van der Waals surface area contributed by atoms with E-state index in [1.807, 2.05) is 17.6 Å². The second-order valence-corrected chi connectivity index (χ2v) is 7.97. The summed E-state index contributed by atoms with van der Waals surface area (Å²) < 4.78 is 20.9. The van der Waals surface area contributed by atoms with Crippen molar-refractivity contribution in [2.45, 2.75) is 44.8 Å². The molecule has 1 saturated heterocycles. The zero-order chi connectivity index (χ0) is 19.8. The van der Waals surface area contributed by atoms with Crippen LogP contribution >= 0.6 is 11.6 Å². The van der Waals surface area contributed by atoms with Gasteiger partial charge in [-0.2, -0.15) is 0 Å². The molecular formula is C21H22ClFN2O3. The molecule has 2 fully saturated rings. The predicted molar refractivity (Wildman–Crippen MR) is 104 cm³/mol. The Morgan fingerprint density at radius 1 is 1.25 bits per heavy atom. The largest absolute Gasteiger partial charge is 0.486 e. The standard InChI is InChI=1S/C21H22ClFN2O3/c1-13-8-16(10-21(27)25(13)15-4-5-15)28-17-11-24(12-17)20(26)7-3-14-2-6-19(23)18(22)9-14/h2,6,8-10,15,17H,3-5,7,11-12H2,1H3. The molecule has 28 heavy (non-hydrogen) atoms. The van der Waals surface area contributed by atoms with Crippen LogP contribution in [0.1, 0.15) is 36.6 Å². The average molecular weight is 405 g/mol. The number of carbonyl (C=O) groups is 1. The number of hydrogen-bond acceptors (Lipinski definition) is 3. The maximum absolute atomic E-state index is 13.2. The van der Waals surface area contributed by atoms with Gasteiger partial charge in [0.1, 0.15) is 17.7 Å². The molecule has 0 spiro atoms. The fourth-order valence-electron chi connectivity index (χ4n) is 3.56. The smallest absolute Gasteiger partial charge is 0.254 e. The van der Waals surface area contributed by atoms with Gasteiger partial charge in [0, 0.05) is 24.2 Å². The first-order valence-corrected chi connectivity index (χ1v) is 9.90. The molecule has 1 saturated carbocycles. The third-order valence-electron chi connectivity index (χ3n) is 5.26. The Morgan fingerprint density at radius 2 is 2.00 bits per heavy atom. The summed E-state index contributed by atoms with van der Waals surface area (Å²) in [5, 5.41) is 0.0706. The molecule has 0 radical (unpaired) electrons. The normalized spacial score (nSPS) is 16.8. The van der Waals surface area contributed by atoms with E-state index in [0.717, 1.165) is 24.1 Å². The summed E-state index contributed by atoms with van der Waals surface area (Å²) in [6.45, 7) is 2.94. The summed E-state index contributed by atoms with van der Waals surface area (Å²) in [6.07, 6.45) is 2.88. The lowest BCUT2D eigenvalue weighted by molar-refractivity contribution is -0.139. The third-order valence-corrected chi connectivity index (χ3v) is 5.55. The Balaban J connectivity index is 1.27. The van der Waals surface area contributed by atoms with E-state index in [4.69, 9.17) is 16.3 Å². The molecule has 1 aliphatic heterocycles. The molecule has 2 aliphatic rings. The number of halogens is 2. The van der Waals surface area contributed by atoms with Gasteiger partial charge in [-0.05, 0) is 49.9 Å². The van der Waals surface area contributed by atoms with Crippen LogP contribution in [0.5, 0.6) is 5.75 Å². The molecule has 4 rings (SSSR count). The summed E-state index contributed by atoms with van der Waals surface area (Å²) in [5.41, 5.74) is 1.72. The topological polar surface area (TPSA) is 51.5 Å². The molecule has 1 amide bonds. The number of amides is 1. The van der Waals surface area contributed by atoms with E-state index in [-0.39, 0.29) is 22.6 Å². The van der Waals surface area contributed by atoms with E-state index in [1.54, 1.807) is 17.0 Å². The van der Waals surface area contributed by atoms with Crippen LogP contribution in [0, 0.1) is 12.7 Å². The van der Waals surface area contributed by atoms with Crippen molar-refractivity contribution in [1.29, 1.82) is 0 Å². The number of benzene rings is 1. The first kappa shape index (κ1) is 19.0. The lowest BCUT2D eigenvalue weighted by atomic mass is 10.1. The summed E-state index contributed by atoms with van der Waals surface area (Å²) in [4.78, 5) is 26.3. The number of aryl methyl sites for hydroxylation is 2. The first-order valence-electron chi connectivity index (χ1n) is 9.52. The molecule has 0 atom stereocenters. The van der Waals surface area contributed by atoms with Gasteiger partial charge in [-0.25, -0.2) is 4.39 Å². The van der Waals surface area contributed by atoms with Crippen LogP contribution in [0.15, 0.2) is 35.1 Å². The number of rotatable bonds is 6. The number of hydrogen-bond donors (Lipinski definition) is 0. The molecule has 0 bridgehead atoms. The third kappa shape index (κ3) is 4.07.